The van der Waals surface area contributed by atoms with Crippen molar-refractivity contribution >= 4 is 22.0 Å². The lowest BCUT2D eigenvalue weighted by atomic mass is 10.0. The fourth-order valence-electron chi connectivity index (χ4n) is 2.65. The maximum absolute atomic E-state index is 13.7. The molecule has 1 aliphatic rings. The third kappa shape index (κ3) is 5.06. The summed E-state index contributed by atoms with van der Waals surface area (Å²) in [5.41, 5.74) is 1.69. The van der Waals surface area contributed by atoms with Crippen molar-refractivity contribution in [3.63, 3.8) is 0 Å². The van der Waals surface area contributed by atoms with Crippen LogP contribution in [0.15, 0.2) is 53.0 Å². The van der Waals surface area contributed by atoms with Gasteiger partial charge in [-0.2, -0.15) is 0 Å². The number of hydrogen-bond acceptors (Lipinski definition) is 2. The van der Waals surface area contributed by atoms with Gasteiger partial charge in [-0.05, 0) is 41.7 Å². The maximum Gasteiger partial charge on any atom is 0.407 e. The first-order chi connectivity index (χ1) is 11.6. The summed E-state index contributed by atoms with van der Waals surface area (Å²) in [6, 6.07) is 14.0. The van der Waals surface area contributed by atoms with Gasteiger partial charge in [-0.25, -0.2) is 9.18 Å². The third-order valence-corrected chi connectivity index (χ3v) is 4.52. The Morgan fingerprint density at radius 3 is 2.67 bits per heavy atom. The van der Waals surface area contributed by atoms with E-state index in [1.54, 1.807) is 0 Å². The van der Waals surface area contributed by atoms with Crippen molar-refractivity contribution in [1.29, 1.82) is 0 Å². The molecule has 0 saturated heterocycles. The van der Waals surface area contributed by atoms with Gasteiger partial charge in [0.1, 0.15) is 12.4 Å². The Balaban J connectivity index is 1.64. The number of carbonyl (C=O) groups is 1. The highest BCUT2D eigenvalue weighted by atomic mass is 79.9. The number of halogens is 2. The Labute approximate surface area is 149 Å². The number of amides is 1. The monoisotopic (exact) mass is 391 g/mol. The zero-order valence-electron chi connectivity index (χ0n) is 13.2. The Kier molecular flexibility index (Phi) is 5.51. The molecule has 1 amide bonds. The molecule has 1 aliphatic carbocycles. The molecule has 5 heteroatoms. The summed E-state index contributed by atoms with van der Waals surface area (Å²) in [4.78, 5) is 12.1. The maximum atomic E-state index is 13.7. The molecule has 3 nitrogen and oxygen atoms in total. The summed E-state index contributed by atoms with van der Waals surface area (Å²) < 4.78 is 19.6. The highest BCUT2D eigenvalue weighted by Gasteiger charge is 2.28. The quantitative estimate of drug-likeness (QED) is 0.719. The number of ether oxygens (including phenoxy) is 1. The molecule has 1 N–H and O–H groups in total. The Morgan fingerprint density at radius 2 is 2.00 bits per heavy atom. The van der Waals surface area contributed by atoms with E-state index < -0.39 is 6.09 Å². The molecule has 3 rings (SSSR count). The van der Waals surface area contributed by atoms with E-state index in [0.717, 1.165) is 30.4 Å². The van der Waals surface area contributed by atoms with E-state index in [4.69, 9.17) is 4.74 Å². The van der Waals surface area contributed by atoms with Crippen LogP contribution in [-0.4, -0.2) is 6.09 Å². The second kappa shape index (κ2) is 7.79. The molecule has 1 atom stereocenters. The van der Waals surface area contributed by atoms with Crippen LogP contribution in [-0.2, 0) is 11.3 Å². The Hall–Kier alpha value is -1.88. The zero-order valence-corrected chi connectivity index (χ0v) is 14.8. The van der Waals surface area contributed by atoms with Gasteiger partial charge in [-0.3, -0.25) is 0 Å². The minimum Gasteiger partial charge on any atom is -0.445 e. The molecule has 0 radical (unpaired) electrons. The van der Waals surface area contributed by atoms with Crippen molar-refractivity contribution < 1.29 is 13.9 Å². The predicted molar refractivity (Wildman–Crippen MR) is 93.9 cm³/mol. The predicted octanol–water partition coefficient (Wildman–Crippen LogP) is 5.36. The molecule has 0 aromatic heterocycles. The number of alkyl carbamates (subject to hydrolysis) is 1. The molecular formula is C19H19BrFNO2. The molecule has 2 aromatic rings. The van der Waals surface area contributed by atoms with Crippen LogP contribution in [0.25, 0.3) is 0 Å². The van der Waals surface area contributed by atoms with Gasteiger partial charge < -0.3 is 10.1 Å². The van der Waals surface area contributed by atoms with Gasteiger partial charge in [0, 0.05) is 4.47 Å². The molecule has 0 spiro atoms. The van der Waals surface area contributed by atoms with Crippen LogP contribution in [0, 0.1) is 11.7 Å². The topological polar surface area (TPSA) is 38.3 Å². The van der Waals surface area contributed by atoms with Crippen molar-refractivity contribution in [3.8, 4) is 0 Å². The average molecular weight is 392 g/mol. The first-order valence-corrected chi connectivity index (χ1v) is 8.82. The van der Waals surface area contributed by atoms with Crippen LogP contribution in [0.2, 0.25) is 0 Å². The van der Waals surface area contributed by atoms with Gasteiger partial charge in [0.2, 0.25) is 0 Å². The van der Waals surface area contributed by atoms with Gasteiger partial charge in [0.15, 0.2) is 0 Å². The number of carbonyl (C=O) groups excluding carboxylic acids is 1. The van der Waals surface area contributed by atoms with Crippen LogP contribution >= 0.6 is 15.9 Å². The lowest BCUT2D eigenvalue weighted by Crippen LogP contribution is -2.29. The van der Waals surface area contributed by atoms with Gasteiger partial charge >= 0.3 is 6.09 Å². The standard InChI is InChI=1S/C19H19BrFNO2/c20-16-9-15(10-17(21)11-16)18(8-13-6-7-13)22-19(23)24-12-14-4-2-1-3-5-14/h1-5,9-11,13,18H,6-8,12H2,(H,22,23). The lowest BCUT2D eigenvalue weighted by Gasteiger charge is -2.19. The Morgan fingerprint density at radius 1 is 1.25 bits per heavy atom. The molecule has 0 bridgehead atoms. The highest BCUT2D eigenvalue weighted by Crippen LogP contribution is 2.38. The molecule has 1 fully saturated rings. The second-order valence-corrected chi connectivity index (χ2v) is 7.06. The van der Waals surface area contributed by atoms with Crippen LogP contribution in [0.4, 0.5) is 9.18 Å². The summed E-state index contributed by atoms with van der Waals surface area (Å²) in [6.45, 7) is 0.218. The van der Waals surface area contributed by atoms with Gasteiger partial charge in [-0.1, -0.05) is 59.1 Å². The first-order valence-electron chi connectivity index (χ1n) is 8.03. The van der Waals surface area contributed by atoms with E-state index in [1.807, 2.05) is 36.4 Å². The highest BCUT2D eigenvalue weighted by molar-refractivity contribution is 9.10. The fraction of sp³-hybridized carbons (Fsp3) is 0.316. The number of hydrogen-bond donors (Lipinski definition) is 1. The lowest BCUT2D eigenvalue weighted by molar-refractivity contribution is 0.134. The van der Waals surface area contributed by atoms with E-state index in [-0.39, 0.29) is 18.5 Å². The van der Waals surface area contributed by atoms with Crippen molar-refractivity contribution in [2.45, 2.75) is 31.9 Å². The minimum atomic E-state index is -0.482. The molecular weight excluding hydrogens is 373 g/mol. The summed E-state index contributed by atoms with van der Waals surface area (Å²) in [5, 5.41) is 2.88. The minimum absolute atomic E-state index is 0.218. The average Bonchev–Trinajstić information content (AvgIpc) is 3.36. The molecule has 0 heterocycles. The molecule has 2 aromatic carbocycles. The van der Waals surface area contributed by atoms with E-state index in [2.05, 4.69) is 21.2 Å². The van der Waals surface area contributed by atoms with Crippen LogP contribution in [0.1, 0.15) is 36.4 Å². The summed E-state index contributed by atoms with van der Waals surface area (Å²) in [6.07, 6.45) is 2.64. The third-order valence-electron chi connectivity index (χ3n) is 4.06. The van der Waals surface area contributed by atoms with Crippen molar-refractivity contribution in [3.05, 3.63) is 69.9 Å². The zero-order chi connectivity index (χ0) is 16.9. The second-order valence-electron chi connectivity index (χ2n) is 6.14. The number of rotatable bonds is 6. The number of nitrogens with one attached hydrogen (secondary N) is 1. The van der Waals surface area contributed by atoms with E-state index in [0.29, 0.717) is 10.4 Å². The van der Waals surface area contributed by atoms with Crippen LogP contribution in [0.5, 0.6) is 0 Å². The normalized spacial score (nSPS) is 14.9. The van der Waals surface area contributed by atoms with Crippen LogP contribution in [0.3, 0.4) is 0 Å². The fourth-order valence-corrected chi connectivity index (χ4v) is 3.13. The van der Waals surface area contributed by atoms with E-state index in [1.165, 1.54) is 12.1 Å². The summed E-state index contributed by atoms with van der Waals surface area (Å²) in [5.74, 6) is 0.270. The van der Waals surface area contributed by atoms with Gasteiger partial charge in [-0.15, -0.1) is 0 Å². The SMILES string of the molecule is O=C(NC(CC1CC1)c1cc(F)cc(Br)c1)OCc1ccccc1. The molecule has 126 valence electrons. The van der Waals surface area contributed by atoms with Crippen molar-refractivity contribution in [2.75, 3.05) is 0 Å². The molecule has 1 unspecified atom stereocenters. The number of benzene rings is 2. The van der Waals surface area contributed by atoms with Gasteiger partial charge in [0.05, 0.1) is 6.04 Å². The Bertz CT molecular complexity index is 684. The first kappa shape index (κ1) is 17.0. The largest absolute Gasteiger partial charge is 0.445 e. The smallest absolute Gasteiger partial charge is 0.407 e. The van der Waals surface area contributed by atoms with Crippen LogP contribution < -0.4 is 5.32 Å². The molecule has 0 aliphatic heterocycles. The summed E-state index contributed by atoms with van der Waals surface area (Å²) >= 11 is 3.31. The summed E-state index contributed by atoms with van der Waals surface area (Å²) in [7, 11) is 0. The molecule has 24 heavy (non-hydrogen) atoms. The van der Waals surface area contributed by atoms with Crippen molar-refractivity contribution in [2.24, 2.45) is 5.92 Å². The van der Waals surface area contributed by atoms with Crippen molar-refractivity contribution in [1.82, 2.24) is 5.32 Å². The van der Waals surface area contributed by atoms with E-state index in [9.17, 15) is 9.18 Å². The van der Waals surface area contributed by atoms with Gasteiger partial charge in [0.25, 0.3) is 0 Å². The van der Waals surface area contributed by atoms with E-state index >= 15 is 0 Å². The molecule has 1 saturated carbocycles.